The molecular formula is C19H26N2O4S. The summed E-state index contributed by atoms with van der Waals surface area (Å²) in [6.45, 7) is 13.1. The Balaban J connectivity index is 2.28. The summed E-state index contributed by atoms with van der Waals surface area (Å²) in [5, 5.41) is 0. The van der Waals surface area contributed by atoms with Gasteiger partial charge in [0.2, 0.25) is 0 Å². The summed E-state index contributed by atoms with van der Waals surface area (Å²) < 4.78 is 30.7. The lowest BCUT2D eigenvalue weighted by molar-refractivity contribution is 0.0943. The van der Waals surface area contributed by atoms with Crippen LogP contribution in [0, 0.1) is 27.7 Å². The topological polar surface area (TPSA) is 88.4 Å². The van der Waals surface area contributed by atoms with E-state index in [1.807, 2.05) is 12.1 Å². The monoisotopic (exact) mass is 378 g/mol. The van der Waals surface area contributed by atoms with Gasteiger partial charge in [-0.05, 0) is 55.9 Å². The molecule has 0 radical (unpaired) electrons. The number of rotatable bonds is 4. The highest BCUT2D eigenvalue weighted by Crippen LogP contribution is 2.29. The van der Waals surface area contributed by atoms with Gasteiger partial charge in [-0.25, -0.2) is 8.42 Å². The minimum absolute atomic E-state index is 0.0872. The average molecular weight is 378 g/mol. The summed E-state index contributed by atoms with van der Waals surface area (Å²) in [5.41, 5.74) is 4.78. The van der Waals surface area contributed by atoms with Crippen LogP contribution in [0.3, 0.4) is 0 Å². The zero-order valence-corrected chi connectivity index (χ0v) is 17.1. The molecule has 0 saturated carbocycles. The number of hydrogen-bond donors (Lipinski definition) is 2. The number of aryl methyl sites for hydroxylation is 4. The molecule has 0 spiro atoms. The van der Waals surface area contributed by atoms with Crippen molar-refractivity contribution in [2.45, 2.75) is 58.8 Å². The van der Waals surface area contributed by atoms with E-state index in [2.05, 4.69) is 31.0 Å². The summed E-state index contributed by atoms with van der Waals surface area (Å²) in [6, 6.07) is 5.30. The number of carbonyl (C=O) groups is 1. The van der Waals surface area contributed by atoms with Crippen LogP contribution >= 0.6 is 0 Å². The van der Waals surface area contributed by atoms with Gasteiger partial charge in [-0.3, -0.25) is 10.2 Å². The Kier molecular flexibility index (Phi) is 5.35. The normalized spacial score (nSPS) is 12.3. The molecule has 2 aromatic rings. The van der Waals surface area contributed by atoms with E-state index in [1.165, 1.54) is 0 Å². The molecule has 26 heavy (non-hydrogen) atoms. The predicted octanol–water partition coefficient (Wildman–Crippen LogP) is 3.43. The van der Waals surface area contributed by atoms with Crippen LogP contribution in [0.15, 0.2) is 27.5 Å². The average Bonchev–Trinajstić information content (AvgIpc) is 2.81. The van der Waals surface area contributed by atoms with Crippen molar-refractivity contribution in [2.75, 3.05) is 0 Å². The van der Waals surface area contributed by atoms with Crippen molar-refractivity contribution in [1.82, 2.24) is 10.3 Å². The Morgan fingerprint density at radius 2 is 1.54 bits per heavy atom. The lowest BCUT2D eigenvalue weighted by Gasteiger charge is -2.22. The smallest absolute Gasteiger partial charge is 0.269 e. The molecule has 1 amide bonds. The van der Waals surface area contributed by atoms with Crippen molar-refractivity contribution in [3.05, 3.63) is 52.0 Å². The van der Waals surface area contributed by atoms with E-state index < -0.39 is 15.9 Å². The molecule has 1 aromatic heterocycles. The molecule has 142 valence electrons. The molecule has 2 N–H and O–H groups in total. The quantitative estimate of drug-likeness (QED) is 0.798. The molecule has 7 heteroatoms. The number of furan rings is 1. The summed E-state index contributed by atoms with van der Waals surface area (Å²) in [7, 11) is -3.91. The van der Waals surface area contributed by atoms with Gasteiger partial charge >= 0.3 is 0 Å². The lowest BCUT2D eigenvalue weighted by atomic mass is 9.85. The summed E-state index contributed by atoms with van der Waals surface area (Å²) in [5.74, 6) is 0.450. The third-order valence-corrected chi connectivity index (χ3v) is 5.73. The summed E-state index contributed by atoms with van der Waals surface area (Å²) in [6.07, 6.45) is 0. The van der Waals surface area contributed by atoms with Crippen LogP contribution in [0.1, 0.15) is 59.3 Å². The van der Waals surface area contributed by atoms with E-state index in [0.717, 1.165) is 5.56 Å². The van der Waals surface area contributed by atoms with E-state index >= 15 is 0 Å². The number of benzene rings is 1. The molecule has 1 aromatic carbocycles. The van der Waals surface area contributed by atoms with E-state index in [4.69, 9.17) is 4.42 Å². The maximum absolute atomic E-state index is 12.7. The Morgan fingerprint density at radius 1 is 1.00 bits per heavy atom. The lowest BCUT2D eigenvalue weighted by Crippen LogP contribution is -2.42. The zero-order chi connectivity index (χ0) is 19.9. The maximum Gasteiger partial charge on any atom is 0.269 e. The molecule has 6 nitrogen and oxygen atoms in total. The van der Waals surface area contributed by atoms with Gasteiger partial charge in [0, 0.05) is 0 Å². The molecule has 0 aliphatic rings. The minimum Gasteiger partial charge on any atom is -0.466 e. The van der Waals surface area contributed by atoms with Gasteiger partial charge in [-0.15, -0.1) is 4.83 Å². The Hall–Kier alpha value is -2.12. The van der Waals surface area contributed by atoms with Crippen molar-refractivity contribution >= 4 is 15.9 Å². The van der Waals surface area contributed by atoms with Crippen LogP contribution in [0.5, 0.6) is 0 Å². The third kappa shape index (κ3) is 4.16. The highest BCUT2D eigenvalue weighted by Gasteiger charge is 2.24. The Bertz CT molecular complexity index is 927. The van der Waals surface area contributed by atoms with Gasteiger partial charge in [-0.1, -0.05) is 32.9 Å². The molecule has 0 aliphatic carbocycles. The molecule has 0 bridgehead atoms. The van der Waals surface area contributed by atoms with Gasteiger partial charge in [0.15, 0.2) is 0 Å². The molecule has 0 fully saturated rings. The number of nitrogens with one attached hydrogen (secondary N) is 2. The van der Waals surface area contributed by atoms with Gasteiger partial charge < -0.3 is 4.42 Å². The zero-order valence-electron chi connectivity index (χ0n) is 16.3. The second kappa shape index (κ2) is 6.89. The number of sulfonamides is 1. The maximum atomic E-state index is 12.7. The van der Waals surface area contributed by atoms with E-state index in [9.17, 15) is 13.2 Å². The highest BCUT2D eigenvalue weighted by molar-refractivity contribution is 7.89. The SMILES string of the molecule is Cc1cc(C(=O)NNS(=O)(=O)c2c(C)cc(C(C)(C)C)cc2C)c(C)o1. The van der Waals surface area contributed by atoms with Gasteiger partial charge in [0.25, 0.3) is 15.9 Å². The Labute approximate surface area is 155 Å². The van der Waals surface area contributed by atoms with Crippen LogP contribution in [0.4, 0.5) is 0 Å². The predicted molar refractivity (Wildman–Crippen MR) is 101 cm³/mol. The summed E-state index contributed by atoms with van der Waals surface area (Å²) in [4.78, 5) is 14.6. The van der Waals surface area contributed by atoms with E-state index in [0.29, 0.717) is 28.2 Å². The van der Waals surface area contributed by atoms with Crippen molar-refractivity contribution < 1.29 is 17.6 Å². The first-order valence-corrected chi connectivity index (χ1v) is 9.82. The molecule has 0 saturated heterocycles. The van der Waals surface area contributed by atoms with Crippen LogP contribution in [0.2, 0.25) is 0 Å². The number of carbonyl (C=O) groups excluding carboxylic acids is 1. The standard InChI is InChI=1S/C19H26N2O4S/c1-11-8-15(19(5,6)7)9-12(2)17(11)26(23,24)21-20-18(22)16-10-13(3)25-14(16)4/h8-10,21H,1-7H3,(H,20,22). The third-order valence-electron chi connectivity index (χ3n) is 4.18. The molecule has 0 aliphatic heterocycles. The van der Waals surface area contributed by atoms with Crippen LogP contribution < -0.4 is 10.3 Å². The molecule has 0 unspecified atom stereocenters. The van der Waals surface area contributed by atoms with Crippen LogP contribution in [-0.2, 0) is 15.4 Å². The second-order valence-corrected chi connectivity index (χ2v) is 9.19. The minimum atomic E-state index is -3.91. The van der Waals surface area contributed by atoms with E-state index in [1.54, 1.807) is 33.8 Å². The first-order valence-electron chi connectivity index (χ1n) is 8.34. The number of amides is 1. The van der Waals surface area contributed by atoms with Crippen LogP contribution in [0.25, 0.3) is 0 Å². The first-order chi connectivity index (χ1) is 11.8. The molecule has 0 atom stereocenters. The molecule has 1 heterocycles. The van der Waals surface area contributed by atoms with Gasteiger partial charge in [-0.2, -0.15) is 0 Å². The Morgan fingerprint density at radius 3 is 1.96 bits per heavy atom. The molecular weight excluding hydrogens is 352 g/mol. The van der Waals surface area contributed by atoms with Crippen LogP contribution in [-0.4, -0.2) is 14.3 Å². The second-order valence-electron chi connectivity index (χ2n) is 7.58. The van der Waals surface area contributed by atoms with Crippen molar-refractivity contribution in [1.29, 1.82) is 0 Å². The fourth-order valence-electron chi connectivity index (χ4n) is 2.90. The fourth-order valence-corrected chi connectivity index (χ4v) is 4.19. The van der Waals surface area contributed by atoms with E-state index in [-0.39, 0.29) is 10.3 Å². The number of hydrazine groups is 1. The highest BCUT2D eigenvalue weighted by atomic mass is 32.2. The van der Waals surface area contributed by atoms with Gasteiger partial charge in [0.05, 0.1) is 10.5 Å². The van der Waals surface area contributed by atoms with Crippen molar-refractivity contribution in [3.63, 3.8) is 0 Å². The number of hydrogen-bond acceptors (Lipinski definition) is 4. The first kappa shape index (κ1) is 20.2. The summed E-state index contributed by atoms with van der Waals surface area (Å²) >= 11 is 0. The van der Waals surface area contributed by atoms with Crippen molar-refractivity contribution in [3.8, 4) is 0 Å². The van der Waals surface area contributed by atoms with Gasteiger partial charge in [0.1, 0.15) is 11.5 Å². The fraction of sp³-hybridized carbons (Fsp3) is 0.421. The van der Waals surface area contributed by atoms with Crippen molar-refractivity contribution in [2.24, 2.45) is 0 Å². The largest absolute Gasteiger partial charge is 0.466 e. The molecule has 2 rings (SSSR count).